The molecule has 0 atom stereocenters. The van der Waals surface area contributed by atoms with E-state index in [0.717, 1.165) is 41.6 Å². The molecule has 0 spiro atoms. The van der Waals surface area contributed by atoms with E-state index in [4.69, 9.17) is 14.5 Å². The molecule has 0 unspecified atom stereocenters. The van der Waals surface area contributed by atoms with Crippen molar-refractivity contribution in [3.63, 3.8) is 0 Å². The number of hydrogen-bond donors (Lipinski definition) is 0. The highest BCUT2D eigenvalue weighted by Crippen LogP contribution is 2.26. The largest absolute Gasteiger partial charge is 0.474 e. The Balaban J connectivity index is 1.47. The van der Waals surface area contributed by atoms with E-state index in [-0.39, 0.29) is 11.7 Å². The molecule has 0 bridgehead atoms. The summed E-state index contributed by atoms with van der Waals surface area (Å²) < 4.78 is 13.0. The van der Waals surface area contributed by atoms with Gasteiger partial charge in [0.05, 0.1) is 42.4 Å². The number of nitriles is 1. The third kappa shape index (κ3) is 5.92. The third-order valence-electron chi connectivity index (χ3n) is 7.02. The molecule has 5 rings (SSSR count). The summed E-state index contributed by atoms with van der Waals surface area (Å²) in [6, 6.07) is 21.7. The van der Waals surface area contributed by atoms with Crippen molar-refractivity contribution in [1.82, 2.24) is 14.5 Å². The van der Waals surface area contributed by atoms with Crippen LogP contribution in [-0.2, 0) is 17.6 Å². The van der Waals surface area contributed by atoms with Crippen LogP contribution in [0.3, 0.4) is 0 Å². The topological polar surface area (TPSA) is 90.0 Å². The number of hydrogen-bond acceptors (Lipinski definition) is 6. The van der Waals surface area contributed by atoms with Crippen molar-refractivity contribution >= 4 is 0 Å². The molecular formula is C32H32N4O3. The van der Waals surface area contributed by atoms with Crippen molar-refractivity contribution in [2.75, 3.05) is 13.2 Å². The Hall–Kier alpha value is -4.28. The minimum absolute atomic E-state index is 0.0923. The summed E-state index contributed by atoms with van der Waals surface area (Å²) >= 11 is 0. The van der Waals surface area contributed by atoms with Crippen molar-refractivity contribution in [2.45, 2.75) is 52.1 Å². The van der Waals surface area contributed by atoms with Crippen molar-refractivity contribution in [2.24, 2.45) is 0 Å². The molecule has 7 nitrogen and oxygen atoms in total. The maximum Gasteiger partial charge on any atom is 0.261 e. The van der Waals surface area contributed by atoms with E-state index in [1.807, 2.05) is 61.5 Å². The lowest BCUT2D eigenvalue weighted by molar-refractivity contribution is 0.0237. The van der Waals surface area contributed by atoms with Gasteiger partial charge in [-0.3, -0.25) is 9.36 Å². The first-order chi connectivity index (χ1) is 19.1. The summed E-state index contributed by atoms with van der Waals surface area (Å²) in [7, 11) is 0. The maximum atomic E-state index is 13.9. The van der Waals surface area contributed by atoms with Crippen molar-refractivity contribution in [1.29, 1.82) is 5.26 Å². The molecule has 198 valence electrons. The Morgan fingerprint density at radius 3 is 2.59 bits per heavy atom. The lowest BCUT2D eigenvalue weighted by atomic mass is 9.95. The van der Waals surface area contributed by atoms with Crippen LogP contribution in [0.1, 0.15) is 54.4 Å². The van der Waals surface area contributed by atoms with Crippen LogP contribution in [0.15, 0.2) is 71.7 Å². The highest BCUT2D eigenvalue weighted by Gasteiger charge is 2.19. The van der Waals surface area contributed by atoms with E-state index in [1.165, 1.54) is 0 Å². The van der Waals surface area contributed by atoms with Crippen molar-refractivity contribution < 1.29 is 9.47 Å². The van der Waals surface area contributed by atoms with E-state index in [0.29, 0.717) is 54.6 Å². The number of nitrogens with zero attached hydrogens (tertiary/aromatic N) is 4. The molecule has 7 heteroatoms. The SMILES string of the molecule is CCCc1nc(C)n(-c2ccc(OC3CCOCC3)nc2)c(=O)c1Cc1ccc(-c2ccccc2)c(C#N)c1. The quantitative estimate of drug-likeness (QED) is 0.301. The van der Waals surface area contributed by atoms with Crippen LogP contribution in [0.2, 0.25) is 0 Å². The molecule has 1 aliphatic heterocycles. The normalized spacial score (nSPS) is 13.7. The van der Waals surface area contributed by atoms with E-state index in [9.17, 15) is 10.1 Å². The fourth-order valence-corrected chi connectivity index (χ4v) is 5.05. The molecule has 1 aliphatic rings. The molecule has 0 radical (unpaired) electrons. The summed E-state index contributed by atoms with van der Waals surface area (Å²) in [5, 5.41) is 9.87. The Morgan fingerprint density at radius 2 is 1.90 bits per heavy atom. The van der Waals surface area contributed by atoms with Crippen LogP contribution in [0, 0.1) is 18.3 Å². The standard InChI is InChI=1S/C32H32N4O3/c1-3-7-30-29(19-23-10-12-28(25(18-23)20-33)24-8-5-4-6-9-24)32(37)36(22(2)35-30)26-11-13-31(34-21-26)39-27-14-16-38-17-15-27/h4-6,8-13,18,21,27H,3,7,14-17,19H2,1-2H3. The number of benzene rings is 2. The van der Waals surface area contributed by atoms with Gasteiger partial charge in [-0.2, -0.15) is 5.26 Å². The van der Waals surface area contributed by atoms with Crippen molar-refractivity contribution in [3.8, 4) is 28.8 Å². The second-order valence-electron chi connectivity index (χ2n) is 9.79. The summed E-state index contributed by atoms with van der Waals surface area (Å²) in [5.41, 5.74) is 5.32. The van der Waals surface area contributed by atoms with Crippen LogP contribution in [0.5, 0.6) is 5.88 Å². The summed E-state index contributed by atoms with van der Waals surface area (Å²) in [6.45, 7) is 5.32. The maximum absolute atomic E-state index is 13.9. The van der Waals surface area contributed by atoms with Gasteiger partial charge in [0.2, 0.25) is 5.88 Å². The molecule has 1 saturated heterocycles. The van der Waals surface area contributed by atoms with Gasteiger partial charge in [-0.1, -0.05) is 55.8 Å². The molecule has 0 aliphatic carbocycles. The second kappa shape index (κ2) is 12.1. The first-order valence-corrected chi connectivity index (χ1v) is 13.5. The average molecular weight is 521 g/mol. The molecule has 3 heterocycles. The molecule has 0 saturated carbocycles. The van der Waals surface area contributed by atoms with Gasteiger partial charge in [0.15, 0.2) is 0 Å². The average Bonchev–Trinajstić information content (AvgIpc) is 2.97. The van der Waals surface area contributed by atoms with Gasteiger partial charge >= 0.3 is 0 Å². The predicted molar refractivity (Wildman–Crippen MR) is 150 cm³/mol. The van der Waals surface area contributed by atoms with Gasteiger partial charge in [-0.25, -0.2) is 9.97 Å². The van der Waals surface area contributed by atoms with Gasteiger partial charge in [0.1, 0.15) is 11.9 Å². The number of rotatable bonds is 8. The monoisotopic (exact) mass is 520 g/mol. The fourth-order valence-electron chi connectivity index (χ4n) is 5.05. The molecule has 2 aromatic heterocycles. The fraction of sp³-hybridized carbons (Fsp3) is 0.312. The zero-order chi connectivity index (χ0) is 27.2. The lowest BCUT2D eigenvalue weighted by Crippen LogP contribution is -2.28. The zero-order valence-corrected chi connectivity index (χ0v) is 22.4. The minimum atomic E-state index is -0.114. The van der Waals surface area contributed by atoms with Crippen LogP contribution in [0.4, 0.5) is 0 Å². The predicted octanol–water partition coefficient (Wildman–Crippen LogP) is 5.58. The molecule has 0 N–H and O–H groups in total. The zero-order valence-electron chi connectivity index (χ0n) is 22.4. The van der Waals surface area contributed by atoms with Gasteiger partial charge in [-0.05, 0) is 42.2 Å². The Kier molecular flexibility index (Phi) is 8.14. The Bertz CT molecular complexity index is 1530. The molecule has 4 aromatic rings. The first-order valence-electron chi connectivity index (χ1n) is 13.5. The molecule has 0 amide bonds. The molecular weight excluding hydrogens is 488 g/mol. The van der Waals surface area contributed by atoms with Crippen LogP contribution in [0.25, 0.3) is 16.8 Å². The summed E-state index contributed by atoms with van der Waals surface area (Å²) in [5.74, 6) is 1.15. The molecule has 39 heavy (non-hydrogen) atoms. The Morgan fingerprint density at radius 1 is 1.10 bits per heavy atom. The van der Waals surface area contributed by atoms with Gasteiger partial charge in [0.25, 0.3) is 5.56 Å². The Labute approximate surface area is 228 Å². The van der Waals surface area contributed by atoms with Crippen LogP contribution in [-0.4, -0.2) is 33.9 Å². The summed E-state index contributed by atoms with van der Waals surface area (Å²) in [4.78, 5) is 23.2. The minimum Gasteiger partial charge on any atom is -0.474 e. The number of aryl methyl sites for hydroxylation is 2. The first kappa shape index (κ1) is 26.3. The third-order valence-corrected chi connectivity index (χ3v) is 7.02. The summed E-state index contributed by atoms with van der Waals surface area (Å²) in [6.07, 6.45) is 5.41. The molecule has 1 fully saturated rings. The van der Waals surface area contributed by atoms with Crippen LogP contribution < -0.4 is 10.3 Å². The highest BCUT2D eigenvalue weighted by atomic mass is 16.5. The van der Waals surface area contributed by atoms with E-state index in [2.05, 4.69) is 18.0 Å². The van der Waals surface area contributed by atoms with E-state index in [1.54, 1.807) is 16.8 Å². The number of ether oxygens (including phenoxy) is 2. The number of aromatic nitrogens is 3. The van der Waals surface area contributed by atoms with E-state index >= 15 is 0 Å². The second-order valence-corrected chi connectivity index (χ2v) is 9.79. The van der Waals surface area contributed by atoms with Gasteiger partial charge in [-0.15, -0.1) is 0 Å². The smallest absolute Gasteiger partial charge is 0.261 e. The highest BCUT2D eigenvalue weighted by molar-refractivity contribution is 5.71. The van der Waals surface area contributed by atoms with Gasteiger partial charge in [0, 0.05) is 30.9 Å². The van der Waals surface area contributed by atoms with Crippen molar-refractivity contribution in [3.05, 3.63) is 105 Å². The van der Waals surface area contributed by atoms with Gasteiger partial charge < -0.3 is 9.47 Å². The lowest BCUT2D eigenvalue weighted by Gasteiger charge is -2.22. The van der Waals surface area contributed by atoms with E-state index < -0.39 is 0 Å². The number of pyridine rings is 1. The molecule has 2 aromatic carbocycles. The van der Waals surface area contributed by atoms with Crippen LogP contribution >= 0.6 is 0 Å².